The lowest BCUT2D eigenvalue weighted by Gasteiger charge is -2.29. The predicted octanol–water partition coefficient (Wildman–Crippen LogP) is 4.58. The molecule has 5 rings (SSSR count). The van der Waals surface area contributed by atoms with E-state index in [1.807, 2.05) is 42.5 Å². The Labute approximate surface area is 215 Å². The SMILES string of the molecule is COc1cc2nc(/C=C/c3ccnc4ccccc34)nc(NC(=O)NC3CCN(C)CC3)c2cc1OC. The lowest BCUT2D eigenvalue weighted by molar-refractivity contribution is 0.221. The second-order valence-corrected chi connectivity index (χ2v) is 9.08. The molecule has 2 amide bonds. The number of benzene rings is 2. The van der Waals surface area contributed by atoms with Crippen LogP contribution in [0.1, 0.15) is 24.2 Å². The van der Waals surface area contributed by atoms with Gasteiger partial charge in [-0.1, -0.05) is 24.3 Å². The maximum atomic E-state index is 12.9. The van der Waals surface area contributed by atoms with Crippen molar-refractivity contribution in [2.24, 2.45) is 0 Å². The van der Waals surface area contributed by atoms with Gasteiger partial charge >= 0.3 is 6.03 Å². The van der Waals surface area contributed by atoms with Crippen molar-refractivity contribution in [3.8, 4) is 11.5 Å². The number of amides is 2. The summed E-state index contributed by atoms with van der Waals surface area (Å²) in [7, 11) is 5.24. The van der Waals surface area contributed by atoms with E-state index in [1.54, 1.807) is 32.5 Å². The number of hydrogen-bond acceptors (Lipinski definition) is 7. The van der Waals surface area contributed by atoms with Gasteiger partial charge in [0, 0.05) is 29.1 Å². The van der Waals surface area contributed by atoms with Crippen LogP contribution in [0.4, 0.5) is 10.6 Å². The molecule has 1 aliphatic heterocycles. The summed E-state index contributed by atoms with van der Waals surface area (Å²) in [5.41, 5.74) is 2.53. The van der Waals surface area contributed by atoms with Crippen molar-refractivity contribution in [2.75, 3.05) is 39.7 Å². The fraction of sp³-hybridized carbons (Fsp3) is 0.286. The zero-order chi connectivity index (χ0) is 25.8. The number of fused-ring (bicyclic) bond motifs is 2. The molecule has 3 heterocycles. The number of ether oxygens (including phenoxy) is 2. The van der Waals surface area contributed by atoms with E-state index >= 15 is 0 Å². The predicted molar refractivity (Wildman–Crippen MR) is 146 cm³/mol. The van der Waals surface area contributed by atoms with Crippen LogP contribution in [0.5, 0.6) is 11.5 Å². The van der Waals surface area contributed by atoms with Crippen LogP contribution in [-0.4, -0.2) is 66.3 Å². The number of nitrogens with one attached hydrogen (secondary N) is 2. The molecule has 0 unspecified atom stereocenters. The van der Waals surface area contributed by atoms with E-state index in [2.05, 4.69) is 32.5 Å². The van der Waals surface area contributed by atoms with Crippen LogP contribution in [0.15, 0.2) is 48.7 Å². The first-order valence-electron chi connectivity index (χ1n) is 12.3. The van der Waals surface area contributed by atoms with Gasteiger partial charge in [0.25, 0.3) is 0 Å². The van der Waals surface area contributed by atoms with Gasteiger partial charge in [-0.15, -0.1) is 0 Å². The summed E-state index contributed by atoms with van der Waals surface area (Å²) in [4.78, 5) is 29.0. The molecule has 1 saturated heterocycles. The number of piperidine rings is 1. The standard InChI is InChI=1S/C28H30N6O3/c1-34-14-11-19(12-15-34)30-28(35)33-27-21-16-24(36-2)25(37-3)17-23(21)31-26(32-27)9-8-18-10-13-29-22-7-5-4-6-20(18)22/h4-10,13,16-17,19H,11-12,14-15H2,1-3H3,(H2,30,31,32,33,35)/b9-8+. The minimum atomic E-state index is -0.292. The highest BCUT2D eigenvalue weighted by molar-refractivity contribution is 6.00. The lowest BCUT2D eigenvalue weighted by Crippen LogP contribution is -2.45. The van der Waals surface area contributed by atoms with Gasteiger partial charge in [-0.25, -0.2) is 14.8 Å². The van der Waals surface area contributed by atoms with Crippen LogP contribution in [0.3, 0.4) is 0 Å². The Morgan fingerprint density at radius 2 is 1.73 bits per heavy atom. The Balaban J connectivity index is 1.49. The number of para-hydroxylation sites is 1. The molecule has 0 aliphatic carbocycles. The summed E-state index contributed by atoms with van der Waals surface area (Å²) in [5, 5.41) is 7.72. The van der Waals surface area contributed by atoms with Gasteiger partial charge in [0.05, 0.1) is 25.3 Å². The Morgan fingerprint density at radius 1 is 0.973 bits per heavy atom. The fourth-order valence-corrected chi connectivity index (χ4v) is 4.55. The van der Waals surface area contributed by atoms with Crippen molar-refractivity contribution < 1.29 is 14.3 Å². The molecular weight excluding hydrogens is 468 g/mol. The molecule has 1 aliphatic rings. The Morgan fingerprint density at radius 3 is 2.51 bits per heavy atom. The molecule has 9 heteroatoms. The fourth-order valence-electron chi connectivity index (χ4n) is 4.55. The van der Waals surface area contributed by atoms with Crippen LogP contribution >= 0.6 is 0 Å². The average Bonchev–Trinajstić information content (AvgIpc) is 2.92. The second kappa shape index (κ2) is 10.8. The van der Waals surface area contributed by atoms with Gasteiger partial charge in [-0.2, -0.15) is 0 Å². The topological polar surface area (TPSA) is 102 Å². The molecule has 0 spiro atoms. The van der Waals surface area contributed by atoms with E-state index in [0.29, 0.717) is 34.0 Å². The largest absolute Gasteiger partial charge is 0.493 e. The minimum Gasteiger partial charge on any atom is -0.493 e. The number of methoxy groups -OCH3 is 2. The third-order valence-corrected chi connectivity index (χ3v) is 6.60. The summed E-state index contributed by atoms with van der Waals surface area (Å²) in [6.45, 7) is 1.91. The van der Waals surface area contributed by atoms with E-state index in [4.69, 9.17) is 14.5 Å². The minimum absolute atomic E-state index is 0.123. The third-order valence-electron chi connectivity index (χ3n) is 6.60. The Kier molecular flexibility index (Phi) is 7.14. The van der Waals surface area contributed by atoms with E-state index in [1.165, 1.54) is 0 Å². The van der Waals surface area contributed by atoms with Crippen LogP contribution in [0.2, 0.25) is 0 Å². The molecule has 0 radical (unpaired) electrons. The first-order chi connectivity index (χ1) is 18.0. The van der Waals surface area contributed by atoms with E-state index < -0.39 is 0 Å². The van der Waals surface area contributed by atoms with Crippen molar-refractivity contribution in [2.45, 2.75) is 18.9 Å². The van der Waals surface area contributed by atoms with E-state index in [0.717, 1.165) is 42.4 Å². The normalized spacial score (nSPS) is 14.8. The lowest BCUT2D eigenvalue weighted by atomic mass is 10.1. The number of rotatable bonds is 6. The van der Waals surface area contributed by atoms with Crippen LogP contribution in [0, 0.1) is 0 Å². The maximum Gasteiger partial charge on any atom is 0.320 e. The van der Waals surface area contributed by atoms with Gasteiger partial charge in [-0.3, -0.25) is 10.3 Å². The molecule has 0 saturated carbocycles. The van der Waals surface area contributed by atoms with Crippen molar-refractivity contribution >= 4 is 45.8 Å². The molecule has 0 bridgehead atoms. The number of nitrogens with zero attached hydrogens (tertiary/aromatic N) is 4. The number of hydrogen-bond donors (Lipinski definition) is 2. The molecule has 2 aromatic carbocycles. The molecular formula is C28H30N6O3. The average molecular weight is 499 g/mol. The van der Waals surface area contributed by atoms with Crippen LogP contribution < -0.4 is 20.1 Å². The van der Waals surface area contributed by atoms with E-state index in [9.17, 15) is 4.79 Å². The summed E-state index contributed by atoms with van der Waals surface area (Å²) < 4.78 is 11.0. The zero-order valence-electron chi connectivity index (χ0n) is 21.2. The summed E-state index contributed by atoms with van der Waals surface area (Å²) >= 11 is 0. The number of anilines is 1. The monoisotopic (exact) mass is 498 g/mol. The summed E-state index contributed by atoms with van der Waals surface area (Å²) in [5.74, 6) is 1.93. The zero-order valence-corrected chi connectivity index (χ0v) is 21.2. The summed E-state index contributed by atoms with van der Waals surface area (Å²) in [6, 6.07) is 13.3. The highest BCUT2D eigenvalue weighted by Crippen LogP contribution is 2.34. The van der Waals surface area contributed by atoms with Gasteiger partial charge in [-0.05, 0) is 62.8 Å². The number of aromatic nitrogens is 3. The highest BCUT2D eigenvalue weighted by Gasteiger charge is 2.20. The van der Waals surface area contributed by atoms with Crippen molar-refractivity contribution in [3.63, 3.8) is 0 Å². The van der Waals surface area contributed by atoms with Gasteiger partial charge < -0.3 is 19.7 Å². The van der Waals surface area contributed by atoms with E-state index in [-0.39, 0.29) is 12.1 Å². The van der Waals surface area contributed by atoms with Gasteiger partial charge in [0.2, 0.25) is 0 Å². The Hall–Kier alpha value is -4.24. The number of pyridine rings is 1. The molecule has 2 N–H and O–H groups in total. The molecule has 9 nitrogen and oxygen atoms in total. The van der Waals surface area contributed by atoms with Crippen molar-refractivity contribution in [1.82, 2.24) is 25.2 Å². The Bertz CT molecular complexity index is 1460. The first kappa shape index (κ1) is 24.5. The third kappa shape index (κ3) is 5.46. The van der Waals surface area contributed by atoms with Crippen molar-refractivity contribution in [1.29, 1.82) is 0 Å². The number of carbonyl (C=O) groups is 1. The van der Waals surface area contributed by atoms with Crippen LogP contribution in [0.25, 0.3) is 34.0 Å². The number of carbonyl (C=O) groups excluding carboxylic acids is 1. The summed E-state index contributed by atoms with van der Waals surface area (Å²) in [6.07, 6.45) is 7.38. The highest BCUT2D eigenvalue weighted by atomic mass is 16.5. The van der Waals surface area contributed by atoms with Crippen molar-refractivity contribution in [3.05, 3.63) is 60.0 Å². The number of likely N-dealkylation sites (tertiary alicyclic amines) is 1. The maximum absolute atomic E-state index is 12.9. The van der Waals surface area contributed by atoms with Gasteiger partial charge in [0.1, 0.15) is 5.82 Å². The molecule has 2 aromatic heterocycles. The second-order valence-electron chi connectivity index (χ2n) is 9.08. The van der Waals surface area contributed by atoms with Crippen LogP contribution in [-0.2, 0) is 0 Å². The molecule has 4 aromatic rings. The molecule has 1 fully saturated rings. The number of urea groups is 1. The molecule has 0 atom stereocenters. The smallest absolute Gasteiger partial charge is 0.320 e. The molecule has 190 valence electrons. The first-order valence-corrected chi connectivity index (χ1v) is 12.3. The quantitative estimate of drug-likeness (QED) is 0.401. The van der Waals surface area contributed by atoms with Gasteiger partial charge in [0.15, 0.2) is 17.3 Å². The molecule has 37 heavy (non-hydrogen) atoms.